The first-order valence-electron chi connectivity index (χ1n) is 8.46. The Balaban J connectivity index is 1.38. The van der Waals surface area contributed by atoms with Crippen LogP contribution in [0.3, 0.4) is 0 Å². The number of fused-ring (bicyclic) bond motifs is 1. The van der Waals surface area contributed by atoms with Gasteiger partial charge < -0.3 is 10.2 Å². The maximum atomic E-state index is 12.5. The molecule has 1 N–H and O–H groups in total. The first-order valence-corrected chi connectivity index (χ1v) is 8.46. The van der Waals surface area contributed by atoms with Gasteiger partial charge in [-0.05, 0) is 44.1 Å². The van der Waals surface area contributed by atoms with Crippen molar-refractivity contribution in [3.05, 3.63) is 30.2 Å². The van der Waals surface area contributed by atoms with Gasteiger partial charge in [-0.2, -0.15) is 5.10 Å². The Kier molecular flexibility index (Phi) is 3.51. The molecule has 2 amide bonds. The Labute approximate surface area is 140 Å². The van der Waals surface area contributed by atoms with Crippen LogP contribution in [0.1, 0.15) is 43.1 Å². The summed E-state index contributed by atoms with van der Waals surface area (Å²) in [5.74, 6) is -0.363. The van der Waals surface area contributed by atoms with Crippen molar-refractivity contribution < 1.29 is 9.59 Å². The third-order valence-corrected chi connectivity index (χ3v) is 5.28. The summed E-state index contributed by atoms with van der Waals surface area (Å²) in [6.45, 7) is 3.34. The minimum atomic E-state index is -0.552. The zero-order chi connectivity index (χ0) is 16.7. The highest BCUT2D eigenvalue weighted by molar-refractivity contribution is 5.96. The molecule has 0 unspecified atom stereocenters. The van der Waals surface area contributed by atoms with Crippen LogP contribution in [0.15, 0.2) is 24.5 Å². The van der Waals surface area contributed by atoms with E-state index in [1.165, 1.54) is 12.8 Å². The van der Waals surface area contributed by atoms with Crippen LogP contribution in [0, 0.1) is 5.41 Å². The molecular weight excluding hydrogens is 306 g/mol. The summed E-state index contributed by atoms with van der Waals surface area (Å²) >= 11 is 0. The minimum Gasteiger partial charge on any atom is -0.341 e. The van der Waals surface area contributed by atoms with Crippen LogP contribution in [0.2, 0.25) is 0 Å². The molecule has 0 radical (unpaired) electrons. The second-order valence-electron chi connectivity index (χ2n) is 6.97. The summed E-state index contributed by atoms with van der Waals surface area (Å²) in [5, 5.41) is 6.94. The van der Waals surface area contributed by atoms with Gasteiger partial charge in [0, 0.05) is 31.5 Å². The maximum absolute atomic E-state index is 12.5. The van der Waals surface area contributed by atoms with E-state index >= 15 is 0 Å². The largest absolute Gasteiger partial charge is 0.341 e. The van der Waals surface area contributed by atoms with Crippen molar-refractivity contribution in [1.82, 2.24) is 24.8 Å². The van der Waals surface area contributed by atoms with Gasteiger partial charge in [-0.3, -0.25) is 9.59 Å². The number of piperidine rings is 1. The number of carbonyl (C=O) groups is 2. The number of nitrogens with one attached hydrogen (secondary N) is 1. The molecular formula is C17H21N5O2. The van der Waals surface area contributed by atoms with Crippen LogP contribution < -0.4 is 5.32 Å². The van der Waals surface area contributed by atoms with Crippen molar-refractivity contribution in [3.63, 3.8) is 0 Å². The highest BCUT2D eigenvalue weighted by Gasteiger charge is 2.45. The predicted octanol–water partition coefficient (Wildman–Crippen LogP) is 1.25. The maximum Gasteiger partial charge on any atom is 0.272 e. The van der Waals surface area contributed by atoms with Crippen molar-refractivity contribution in [2.24, 2.45) is 5.41 Å². The van der Waals surface area contributed by atoms with Gasteiger partial charge in [-0.1, -0.05) is 0 Å². The lowest BCUT2D eigenvalue weighted by Crippen LogP contribution is -2.49. The third-order valence-electron chi connectivity index (χ3n) is 5.28. The number of carbonyl (C=O) groups excluding carboxylic acids is 2. The van der Waals surface area contributed by atoms with Gasteiger partial charge in [-0.15, -0.1) is 0 Å². The Bertz CT molecular complexity index is 752. The molecule has 1 saturated carbocycles. The molecule has 4 rings (SSSR count). The highest BCUT2D eigenvalue weighted by Crippen LogP contribution is 2.53. The normalized spacial score (nSPS) is 20.1. The van der Waals surface area contributed by atoms with E-state index in [2.05, 4.69) is 15.4 Å². The van der Waals surface area contributed by atoms with Crippen molar-refractivity contribution in [1.29, 1.82) is 0 Å². The topological polar surface area (TPSA) is 79.6 Å². The summed E-state index contributed by atoms with van der Waals surface area (Å²) < 4.78 is 1.54. The monoisotopic (exact) mass is 327 g/mol. The SMILES string of the molecule is C[C@@H](NC(=O)c1cc2ncccn2n1)C(=O)N1CCC2(CC1)CC2. The highest BCUT2D eigenvalue weighted by atomic mass is 16.2. The second kappa shape index (κ2) is 5.58. The smallest absolute Gasteiger partial charge is 0.272 e. The fourth-order valence-corrected chi connectivity index (χ4v) is 3.43. The van der Waals surface area contributed by atoms with Gasteiger partial charge >= 0.3 is 0 Å². The lowest BCUT2D eigenvalue weighted by atomic mass is 9.93. The summed E-state index contributed by atoms with van der Waals surface area (Å²) in [4.78, 5) is 30.9. The molecule has 0 aromatic carbocycles. The Morgan fingerprint density at radius 1 is 1.25 bits per heavy atom. The van der Waals surface area contributed by atoms with Crippen LogP contribution in [0.5, 0.6) is 0 Å². The molecule has 1 spiro atoms. The molecule has 3 heterocycles. The van der Waals surface area contributed by atoms with Crippen LogP contribution >= 0.6 is 0 Å². The van der Waals surface area contributed by atoms with E-state index in [4.69, 9.17) is 0 Å². The summed E-state index contributed by atoms with van der Waals surface area (Å²) in [6, 6.07) is 2.81. The van der Waals surface area contributed by atoms with E-state index in [0.29, 0.717) is 11.1 Å². The number of amides is 2. The Hall–Kier alpha value is -2.44. The molecule has 1 aliphatic carbocycles. The predicted molar refractivity (Wildman–Crippen MR) is 87.4 cm³/mol. The van der Waals surface area contributed by atoms with E-state index < -0.39 is 6.04 Å². The van der Waals surface area contributed by atoms with Crippen LogP contribution in [0.25, 0.3) is 5.65 Å². The van der Waals surface area contributed by atoms with Gasteiger partial charge in [0.15, 0.2) is 11.3 Å². The number of likely N-dealkylation sites (tertiary alicyclic amines) is 1. The second-order valence-corrected chi connectivity index (χ2v) is 6.97. The fourth-order valence-electron chi connectivity index (χ4n) is 3.43. The average molecular weight is 327 g/mol. The fraction of sp³-hybridized carbons (Fsp3) is 0.529. The van der Waals surface area contributed by atoms with Crippen molar-refractivity contribution in [2.75, 3.05) is 13.1 Å². The van der Waals surface area contributed by atoms with Gasteiger partial charge in [0.2, 0.25) is 5.91 Å². The quantitative estimate of drug-likeness (QED) is 0.920. The lowest BCUT2D eigenvalue weighted by molar-refractivity contribution is -0.134. The van der Waals surface area contributed by atoms with Crippen LogP contribution in [-0.2, 0) is 4.79 Å². The molecule has 2 fully saturated rings. The average Bonchev–Trinajstić information content (AvgIpc) is 3.20. The first-order chi connectivity index (χ1) is 11.6. The third kappa shape index (κ3) is 2.74. The molecule has 7 nitrogen and oxygen atoms in total. The molecule has 2 aliphatic rings. The van der Waals surface area contributed by atoms with E-state index in [-0.39, 0.29) is 17.5 Å². The van der Waals surface area contributed by atoms with Crippen molar-refractivity contribution in [2.45, 2.75) is 38.6 Å². The van der Waals surface area contributed by atoms with Crippen LogP contribution in [-0.4, -0.2) is 50.4 Å². The number of hydrogen-bond donors (Lipinski definition) is 1. The van der Waals surface area contributed by atoms with E-state index in [1.54, 1.807) is 36.0 Å². The van der Waals surface area contributed by atoms with Crippen molar-refractivity contribution in [3.8, 4) is 0 Å². The molecule has 24 heavy (non-hydrogen) atoms. The van der Waals surface area contributed by atoms with Gasteiger partial charge in [0.1, 0.15) is 6.04 Å². The zero-order valence-corrected chi connectivity index (χ0v) is 13.7. The van der Waals surface area contributed by atoms with Gasteiger partial charge in [-0.25, -0.2) is 9.50 Å². The van der Waals surface area contributed by atoms with Gasteiger partial charge in [0.05, 0.1) is 0 Å². The van der Waals surface area contributed by atoms with E-state index in [1.807, 2.05) is 4.90 Å². The van der Waals surface area contributed by atoms with E-state index in [0.717, 1.165) is 25.9 Å². The molecule has 2 aromatic heterocycles. The number of aromatic nitrogens is 3. The summed E-state index contributed by atoms with van der Waals surface area (Å²) in [7, 11) is 0. The number of nitrogens with zero attached hydrogens (tertiary/aromatic N) is 4. The molecule has 2 aromatic rings. The zero-order valence-electron chi connectivity index (χ0n) is 13.7. The van der Waals surface area contributed by atoms with Crippen molar-refractivity contribution >= 4 is 17.5 Å². The molecule has 126 valence electrons. The Morgan fingerprint density at radius 2 is 2.00 bits per heavy atom. The standard InChI is InChI=1S/C17H21N5O2/c1-12(16(24)21-9-5-17(3-4-17)6-10-21)19-15(23)13-11-14-18-7-2-8-22(14)20-13/h2,7-8,11-12H,3-6,9-10H2,1H3,(H,19,23)/t12-/m1/s1. The number of rotatable bonds is 3. The molecule has 7 heteroatoms. The summed E-state index contributed by atoms with van der Waals surface area (Å²) in [6.07, 6.45) is 8.19. The van der Waals surface area contributed by atoms with E-state index in [9.17, 15) is 9.59 Å². The molecule has 0 bridgehead atoms. The lowest BCUT2D eigenvalue weighted by Gasteiger charge is -2.33. The first kappa shape index (κ1) is 15.1. The molecule has 1 saturated heterocycles. The Morgan fingerprint density at radius 3 is 2.67 bits per heavy atom. The van der Waals surface area contributed by atoms with Crippen LogP contribution in [0.4, 0.5) is 0 Å². The van der Waals surface area contributed by atoms with Gasteiger partial charge in [0.25, 0.3) is 5.91 Å². The summed E-state index contributed by atoms with van der Waals surface area (Å²) in [5.41, 5.74) is 1.41. The molecule has 1 aliphatic heterocycles. The minimum absolute atomic E-state index is 0.0132. The number of hydrogen-bond acceptors (Lipinski definition) is 4. The molecule has 1 atom stereocenters.